The zero-order chi connectivity index (χ0) is 23.3. The number of nitrogens with zero attached hydrogens (tertiary/aromatic N) is 3. The van der Waals surface area contributed by atoms with Gasteiger partial charge in [0.1, 0.15) is 17.3 Å². The molecule has 2 aromatic carbocycles. The third kappa shape index (κ3) is 5.02. The molecule has 0 aliphatic carbocycles. The van der Waals surface area contributed by atoms with Crippen molar-refractivity contribution < 1.29 is 23.8 Å². The van der Waals surface area contributed by atoms with E-state index in [0.29, 0.717) is 22.7 Å². The largest absolute Gasteiger partial charge is 0.497 e. The van der Waals surface area contributed by atoms with Crippen molar-refractivity contribution in [1.82, 2.24) is 14.8 Å². The van der Waals surface area contributed by atoms with E-state index in [0.717, 1.165) is 16.7 Å². The summed E-state index contributed by atoms with van der Waals surface area (Å²) in [5.74, 6) is 0.674. The summed E-state index contributed by atoms with van der Waals surface area (Å²) in [4.78, 5) is 25.1. The second-order valence-corrected chi connectivity index (χ2v) is 7.49. The molecule has 0 spiro atoms. The van der Waals surface area contributed by atoms with Crippen LogP contribution in [0.15, 0.2) is 47.6 Å². The Morgan fingerprint density at radius 1 is 1.06 bits per heavy atom. The Hall–Kier alpha value is -3.53. The maximum Gasteiger partial charge on any atom is 0.338 e. The molecule has 0 saturated carbocycles. The Morgan fingerprint density at radius 3 is 2.41 bits per heavy atom. The average molecular weight is 457 g/mol. The molecule has 0 fully saturated rings. The molecule has 0 aliphatic heterocycles. The number of aromatic nitrogens is 3. The number of methoxy groups -OCH3 is 2. The van der Waals surface area contributed by atoms with Crippen molar-refractivity contribution in [3.63, 3.8) is 0 Å². The molecular formula is C22H24N4O5S. The lowest BCUT2D eigenvalue weighted by molar-refractivity contribution is -0.123. The fourth-order valence-corrected chi connectivity index (χ4v) is 3.48. The Balaban J connectivity index is 1.66. The van der Waals surface area contributed by atoms with Crippen LogP contribution in [0.3, 0.4) is 0 Å². The van der Waals surface area contributed by atoms with Gasteiger partial charge in [0.25, 0.3) is 5.91 Å². The number of hydrogen-bond acceptors (Lipinski definition) is 8. The molecule has 0 saturated heterocycles. The second kappa shape index (κ2) is 10.2. The van der Waals surface area contributed by atoms with Crippen LogP contribution < -0.4 is 14.8 Å². The highest BCUT2D eigenvalue weighted by molar-refractivity contribution is 7.98. The van der Waals surface area contributed by atoms with Crippen LogP contribution in [0.2, 0.25) is 0 Å². The molecule has 1 N–H and O–H groups in total. The molecule has 1 heterocycles. The van der Waals surface area contributed by atoms with E-state index >= 15 is 0 Å². The molecule has 1 aromatic heterocycles. The van der Waals surface area contributed by atoms with E-state index in [9.17, 15) is 9.59 Å². The first kappa shape index (κ1) is 23.1. The van der Waals surface area contributed by atoms with E-state index in [2.05, 4.69) is 15.5 Å². The minimum atomic E-state index is -1.02. The number of ether oxygens (including phenoxy) is 3. The van der Waals surface area contributed by atoms with Crippen LogP contribution in [-0.4, -0.2) is 53.2 Å². The van der Waals surface area contributed by atoms with Crippen LogP contribution in [-0.2, 0) is 9.53 Å². The van der Waals surface area contributed by atoms with E-state index in [-0.39, 0.29) is 0 Å². The highest BCUT2D eigenvalue weighted by Gasteiger charge is 2.21. The topological polar surface area (TPSA) is 105 Å². The third-order valence-electron chi connectivity index (χ3n) is 4.66. The van der Waals surface area contributed by atoms with Gasteiger partial charge in [-0.3, -0.25) is 9.36 Å². The lowest BCUT2D eigenvalue weighted by Crippen LogP contribution is -2.30. The molecule has 0 bridgehead atoms. The summed E-state index contributed by atoms with van der Waals surface area (Å²) >= 11 is 1.48. The molecule has 3 aromatic rings. The summed E-state index contributed by atoms with van der Waals surface area (Å²) in [6.45, 7) is 3.36. The fraction of sp³-hybridized carbons (Fsp3) is 0.273. The third-order valence-corrected chi connectivity index (χ3v) is 5.29. The SMILES string of the molecule is COc1ccc(NC(=O)C(C)OC(=O)c2ccc(-n3c(C)nnc3SC)cc2)c(OC)c1. The number of aryl methyl sites for hydroxylation is 1. The molecule has 168 valence electrons. The zero-order valence-corrected chi connectivity index (χ0v) is 19.2. The van der Waals surface area contributed by atoms with Crippen LogP contribution in [0.25, 0.3) is 5.69 Å². The first-order valence-corrected chi connectivity index (χ1v) is 10.9. The van der Waals surface area contributed by atoms with E-state index in [1.54, 1.807) is 42.5 Å². The highest BCUT2D eigenvalue weighted by atomic mass is 32.2. The van der Waals surface area contributed by atoms with E-state index in [1.165, 1.54) is 32.9 Å². The second-order valence-electron chi connectivity index (χ2n) is 6.72. The number of carbonyl (C=O) groups is 2. The van der Waals surface area contributed by atoms with Gasteiger partial charge in [-0.15, -0.1) is 10.2 Å². The average Bonchev–Trinajstić information content (AvgIpc) is 3.19. The summed E-state index contributed by atoms with van der Waals surface area (Å²) in [6, 6.07) is 11.8. The van der Waals surface area contributed by atoms with Crippen LogP contribution in [0.4, 0.5) is 5.69 Å². The first-order chi connectivity index (χ1) is 15.4. The van der Waals surface area contributed by atoms with Gasteiger partial charge in [0, 0.05) is 11.8 Å². The molecule has 1 unspecified atom stereocenters. The molecule has 0 aliphatic rings. The minimum Gasteiger partial charge on any atom is -0.497 e. The molecular weight excluding hydrogens is 432 g/mol. The lowest BCUT2D eigenvalue weighted by Gasteiger charge is -2.16. The summed E-state index contributed by atoms with van der Waals surface area (Å²) in [5.41, 5.74) is 1.59. The van der Waals surface area contributed by atoms with Gasteiger partial charge < -0.3 is 19.5 Å². The Kier molecular flexibility index (Phi) is 7.37. The smallest absolute Gasteiger partial charge is 0.338 e. The van der Waals surface area contributed by atoms with Gasteiger partial charge in [-0.1, -0.05) is 11.8 Å². The molecule has 9 nitrogen and oxygen atoms in total. The number of anilines is 1. The number of benzene rings is 2. The van der Waals surface area contributed by atoms with Crippen LogP contribution in [0.5, 0.6) is 11.5 Å². The Bertz CT molecular complexity index is 1110. The van der Waals surface area contributed by atoms with Crippen molar-refractivity contribution in [2.75, 3.05) is 25.8 Å². The maximum atomic E-state index is 12.5. The minimum absolute atomic E-state index is 0.326. The number of hydrogen-bond donors (Lipinski definition) is 1. The van der Waals surface area contributed by atoms with Gasteiger partial charge in [0.15, 0.2) is 11.3 Å². The molecule has 1 atom stereocenters. The summed E-state index contributed by atoms with van der Waals surface area (Å²) < 4.78 is 17.6. The maximum absolute atomic E-state index is 12.5. The van der Waals surface area contributed by atoms with Gasteiger partial charge in [-0.25, -0.2) is 4.79 Å². The standard InChI is InChI=1S/C22H24N4O5S/c1-13(20(27)23-18-11-10-17(29-3)12-19(18)30-4)31-21(28)15-6-8-16(9-7-15)26-14(2)24-25-22(26)32-5/h6-13H,1-5H3,(H,23,27). The van der Waals surface area contributed by atoms with E-state index in [1.807, 2.05) is 17.7 Å². The molecule has 1 amide bonds. The van der Waals surface area contributed by atoms with E-state index < -0.39 is 18.0 Å². The number of thioether (sulfide) groups is 1. The Morgan fingerprint density at radius 2 is 1.78 bits per heavy atom. The van der Waals surface area contributed by atoms with Crippen molar-refractivity contribution >= 4 is 29.3 Å². The number of carbonyl (C=O) groups excluding carboxylic acids is 2. The van der Waals surface area contributed by atoms with Gasteiger partial charge in [-0.2, -0.15) is 0 Å². The van der Waals surface area contributed by atoms with Crippen molar-refractivity contribution in [1.29, 1.82) is 0 Å². The van der Waals surface area contributed by atoms with Gasteiger partial charge >= 0.3 is 5.97 Å². The molecule has 32 heavy (non-hydrogen) atoms. The summed E-state index contributed by atoms with van der Waals surface area (Å²) in [7, 11) is 3.03. The lowest BCUT2D eigenvalue weighted by atomic mass is 10.2. The number of rotatable bonds is 8. The number of amides is 1. The quantitative estimate of drug-likeness (QED) is 0.406. The Labute approximate surface area is 190 Å². The first-order valence-electron chi connectivity index (χ1n) is 9.68. The van der Waals surface area contributed by atoms with Crippen LogP contribution >= 0.6 is 11.8 Å². The predicted molar refractivity (Wildman–Crippen MR) is 121 cm³/mol. The van der Waals surface area contributed by atoms with Gasteiger partial charge in [0.2, 0.25) is 0 Å². The van der Waals surface area contributed by atoms with Gasteiger partial charge in [-0.05, 0) is 56.5 Å². The number of esters is 1. The van der Waals surface area contributed by atoms with Gasteiger partial charge in [0.05, 0.1) is 25.5 Å². The van der Waals surface area contributed by atoms with E-state index in [4.69, 9.17) is 14.2 Å². The summed E-state index contributed by atoms with van der Waals surface area (Å²) in [5, 5.41) is 11.6. The van der Waals surface area contributed by atoms with Crippen LogP contribution in [0, 0.1) is 6.92 Å². The van der Waals surface area contributed by atoms with Crippen molar-refractivity contribution in [2.24, 2.45) is 0 Å². The molecule has 0 radical (unpaired) electrons. The summed E-state index contributed by atoms with van der Waals surface area (Å²) in [6.07, 6.45) is 0.900. The molecule has 10 heteroatoms. The van der Waals surface area contributed by atoms with Crippen molar-refractivity contribution in [3.8, 4) is 17.2 Å². The monoisotopic (exact) mass is 456 g/mol. The van der Waals surface area contributed by atoms with Crippen molar-refractivity contribution in [3.05, 3.63) is 53.9 Å². The van der Waals surface area contributed by atoms with Crippen LogP contribution in [0.1, 0.15) is 23.1 Å². The highest BCUT2D eigenvalue weighted by Crippen LogP contribution is 2.29. The number of nitrogens with one attached hydrogen (secondary N) is 1. The fourth-order valence-electron chi connectivity index (χ4n) is 2.94. The predicted octanol–water partition coefficient (Wildman–Crippen LogP) is 3.50. The molecule has 3 rings (SSSR count). The zero-order valence-electron chi connectivity index (χ0n) is 18.4. The van der Waals surface area contributed by atoms with Crippen molar-refractivity contribution in [2.45, 2.75) is 25.1 Å². The normalized spacial score (nSPS) is 11.5.